The zero-order valence-electron chi connectivity index (χ0n) is 9.76. The third kappa shape index (κ3) is 3.00. The van der Waals surface area contributed by atoms with Crippen molar-refractivity contribution in [3.8, 4) is 0 Å². The Morgan fingerprint density at radius 3 is 2.65 bits per heavy atom. The smallest absolute Gasteiger partial charge is 0.323 e. The Balaban J connectivity index is 2.80. The molecule has 0 radical (unpaired) electrons. The second-order valence-electron chi connectivity index (χ2n) is 4.06. The monoisotopic (exact) mass is 243 g/mol. The van der Waals surface area contributed by atoms with Gasteiger partial charge in [0.05, 0.1) is 0 Å². The van der Waals surface area contributed by atoms with Crippen LogP contribution in [0.2, 0.25) is 0 Å². The second-order valence-corrected chi connectivity index (χ2v) is 4.06. The number of aliphatic carboxylic acids is 1. The lowest BCUT2D eigenvalue weighted by Crippen LogP contribution is -2.48. The molecule has 0 saturated heterocycles. The molecule has 0 heterocycles. The maximum Gasteiger partial charge on any atom is 0.323 e. The molecule has 0 aliphatic carbocycles. The minimum Gasteiger partial charge on any atom is -0.480 e. The van der Waals surface area contributed by atoms with Crippen LogP contribution in [0.25, 0.3) is 0 Å². The van der Waals surface area contributed by atoms with Crippen molar-refractivity contribution >= 4 is 5.97 Å². The van der Waals surface area contributed by atoms with Crippen molar-refractivity contribution in [3.05, 3.63) is 35.4 Å². The molecule has 5 heteroatoms. The van der Waals surface area contributed by atoms with Gasteiger partial charge in [0, 0.05) is 12.1 Å². The first kappa shape index (κ1) is 13.6. The van der Waals surface area contributed by atoms with Crippen molar-refractivity contribution < 1.29 is 18.7 Å². The van der Waals surface area contributed by atoms with Gasteiger partial charge in [-0.3, -0.25) is 10.1 Å². The van der Waals surface area contributed by atoms with Crippen LogP contribution in [-0.2, 0) is 11.3 Å². The predicted molar refractivity (Wildman–Crippen MR) is 59.5 cm³/mol. The van der Waals surface area contributed by atoms with Crippen LogP contribution in [0.4, 0.5) is 8.78 Å². The van der Waals surface area contributed by atoms with Crippen LogP contribution >= 0.6 is 0 Å². The van der Waals surface area contributed by atoms with Gasteiger partial charge in [-0.2, -0.15) is 0 Å². The van der Waals surface area contributed by atoms with E-state index in [-0.39, 0.29) is 12.1 Å². The normalized spacial score (nSPS) is 14.4. The van der Waals surface area contributed by atoms with E-state index >= 15 is 0 Å². The van der Waals surface area contributed by atoms with E-state index in [1.165, 1.54) is 19.1 Å². The van der Waals surface area contributed by atoms with E-state index in [9.17, 15) is 13.6 Å². The summed E-state index contributed by atoms with van der Waals surface area (Å²) in [7, 11) is 0. The van der Waals surface area contributed by atoms with Gasteiger partial charge in [0.15, 0.2) is 11.6 Å². The lowest BCUT2D eigenvalue weighted by atomic mass is 9.99. The molecule has 0 saturated carbocycles. The summed E-state index contributed by atoms with van der Waals surface area (Å²) in [6, 6.07) is 3.83. The maximum absolute atomic E-state index is 13.3. The van der Waals surface area contributed by atoms with Crippen LogP contribution in [0.15, 0.2) is 18.2 Å². The lowest BCUT2D eigenvalue weighted by molar-refractivity contribution is -0.144. The zero-order chi connectivity index (χ0) is 13.1. The first-order valence-electron chi connectivity index (χ1n) is 5.32. The van der Waals surface area contributed by atoms with Crippen LogP contribution in [0.1, 0.15) is 25.8 Å². The summed E-state index contributed by atoms with van der Waals surface area (Å²) in [5.41, 5.74) is -1.02. The van der Waals surface area contributed by atoms with Gasteiger partial charge in [0.1, 0.15) is 5.54 Å². The SMILES string of the molecule is CCC(C)(NCc1cccc(F)c1F)C(=O)O. The third-order valence-corrected chi connectivity index (χ3v) is 2.88. The fourth-order valence-electron chi connectivity index (χ4n) is 1.33. The molecule has 0 fully saturated rings. The lowest BCUT2D eigenvalue weighted by Gasteiger charge is -2.24. The largest absolute Gasteiger partial charge is 0.480 e. The van der Waals surface area contributed by atoms with Gasteiger partial charge in [-0.25, -0.2) is 8.78 Å². The number of hydrogen-bond acceptors (Lipinski definition) is 2. The second kappa shape index (κ2) is 5.23. The number of hydrogen-bond donors (Lipinski definition) is 2. The van der Waals surface area contributed by atoms with E-state index < -0.39 is 23.1 Å². The Bertz CT molecular complexity index is 423. The van der Waals surface area contributed by atoms with Crippen molar-refractivity contribution in [2.75, 3.05) is 0 Å². The molecular weight excluding hydrogens is 228 g/mol. The molecule has 1 aromatic rings. The Morgan fingerprint density at radius 1 is 1.47 bits per heavy atom. The maximum atomic E-state index is 13.3. The predicted octanol–water partition coefficient (Wildman–Crippen LogP) is 2.31. The minimum absolute atomic E-state index is 0.0275. The highest BCUT2D eigenvalue weighted by atomic mass is 19.2. The average Bonchev–Trinajstić information content (AvgIpc) is 2.30. The molecule has 2 N–H and O–H groups in total. The molecule has 94 valence electrons. The minimum atomic E-state index is -1.14. The van der Waals surface area contributed by atoms with Gasteiger partial charge in [-0.1, -0.05) is 19.1 Å². The molecular formula is C12H15F2NO2. The average molecular weight is 243 g/mol. The number of halogens is 2. The first-order valence-corrected chi connectivity index (χ1v) is 5.32. The highest BCUT2D eigenvalue weighted by molar-refractivity contribution is 5.78. The Labute approximate surface area is 98.5 Å². The number of nitrogens with one attached hydrogen (secondary N) is 1. The Kier molecular flexibility index (Phi) is 4.17. The molecule has 1 unspecified atom stereocenters. The van der Waals surface area contributed by atoms with Gasteiger partial charge >= 0.3 is 5.97 Å². The molecule has 0 bridgehead atoms. The molecule has 1 aromatic carbocycles. The molecule has 3 nitrogen and oxygen atoms in total. The van der Waals surface area contributed by atoms with E-state index in [2.05, 4.69) is 5.32 Å². The molecule has 1 rings (SSSR count). The van der Waals surface area contributed by atoms with Crippen LogP contribution < -0.4 is 5.32 Å². The fraction of sp³-hybridized carbons (Fsp3) is 0.417. The molecule has 0 amide bonds. The molecule has 17 heavy (non-hydrogen) atoms. The van der Waals surface area contributed by atoms with Crippen LogP contribution in [-0.4, -0.2) is 16.6 Å². The van der Waals surface area contributed by atoms with Crippen LogP contribution in [0, 0.1) is 11.6 Å². The molecule has 0 spiro atoms. The molecule has 1 atom stereocenters. The number of benzene rings is 1. The van der Waals surface area contributed by atoms with Crippen molar-refractivity contribution in [3.63, 3.8) is 0 Å². The number of carbonyl (C=O) groups is 1. The van der Waals surface area contributed by atoms with Gasteiger partial charge in [0.25, 0.3) is 0 Å². The van der Waals surface area contributed by atoms with Crippen LogP contribution in [0.3, 0.4) is 0 Å². The summed E-state index contributed by atoms with van der Waals surface area (Å²) in [6.45, 7) is 3.19. The van der Waals surface area contributed by atoms with E-state index in [4.69, 9.17) is 5.11 Å². The summed E-state index contributed by atoms with van der Waals surface area (Å²) in [6.07, 6.45) is 0.346. The first-order chi connectivity index (χ1) is 7.90. The van der Waals surface area contributed by atoms with Gasteiger partial charge in [-0.15, -0.1) is 0 Å². The van der Waals surface area contributed by atoms with E-state index in [0.29, 0.717) is 6.42 Å². The van der Waals surface area contributed by atoms with Crippen molar-refractivity contribution in [2.24, 2.45) is 0 Å². The fourth-order valence-corrected chi connectivity index (χ4v) is 1.33. The summed E-state index contributed by atoms with van der Waals surface area (Å²) in [5, 5.41) is 11.7. The topological polar surface area (TPSA) is 49.3 Å². The van der Waals surface area contributed by atoms with Crippen molar-refractivity contribution in [1.29, 1.82) is 0 Å². The quantitative estimate of drug-likeness (QED) is 0.834. The van der Waals surface area contributed by atoms with Gasteiger partial charge < -0.3 is 5.11 Å². The van der Waals surface area contributed by atoms with Gasteiger partial charge in [-0.05, 0) is 19.4 Å². The summed E-state index contributed by atoms with van der Waals surface area (Å²) >= 11 is 0. The van der Waals surface area contributed by atoms with E-state index in [1.807, 2.05) is 0 Å². The Hall–Kier alpha value is -1.49. The van der Waals surface area contributed by atoms with Gasteiger partial charge in [0.2, 0.25) is 0 Å². The standard InChI is InChI=1S/C12H15F2NO2/c1-3-12(2,11(16)17)15-7-8-5-4-6-9(13)10(8)14/h4-6,15H,3,7H2,1-2H3,(H,16,17). The van der Waals surface area contributed by atoms with E-state index in [1.54, 1.807) is 6.92 Å². The molecule has 0 aromatic heterocycles. The highest BCUT2D eigenvalue weighted by Crippen LogP contribution is 2.14. The Morgan fingerprint density at radius 2 is 2.12 bits per heavy atom. The molecule has 0 aliphatic heterocycles. The number of carboxylic acid groups (broad SMARTS) is 1. The summed E-state index contributed by atoms with van der Waals surface area (Å²) in [5.74, 6) is -2.89. The summed E-state index contributed by atoms with van der Waals surface area (Å²) < 4.78 is 26.2. The number of carboxylic acids is 1. The highest BCUT2D eigenvalue weighted by Gasteiger charge is 2.30. The third-order valence-electron chi connectivity index (χ3n) is 2.88. The molecule has 0 aliphatic rings. The number of rotatable bonds is 5. The van der Waals surface area contributed by atoms with Crippen molar-refractivity contribution in [2.45, 2.75) is 32.4 Å². The summed E-state index contributed by atoms with van der Waals surface area (Å²) in [4.78, 5) is 11.0. The van der Waals surface area contributed by atoms with Crippen LogP contribution in [0.5, 0.6) is 0 Å². The zero-order valence-corrected chi connectivity index (χ0v) is 9.76. The van der Waals surface area contributed by atoms with E-state index in [0.717, 1.165) is 6.07 Å². The van der Waals surface area contributed by atoms with Crippen molar-refractivity contribution in [1.82, 2.24) is 5.32 Å².